The van der Waals surface area contributed by atoms with Crippen LogP contribution in [-0.2, 0) is 9.53 Å². The van der Waals surface area contributed by atoms with Gasteiger partial charge in [-0.15, -0.1) is 0 Å². The van der Waals surface area contributed by atoms with Crippen molar-refractivity contribution in [1.82, 2.24) is 0 Å². The fourth-order valence-corrected chi connectivity index (χ4v) is 4.59. The van der Waals surface area contributed by atoms with Gasteiger partial charge in [0, 0.05) is 0 Å². The molecule has 0 aromatic carbocycles. The van der Waals surface area contributed by atoms with Crippen LogP contribution in [0.25, 0.3) is 0 Å². The van der Waals surface area contributed by atoms with Crippen molar-refractivity contribution >= 4 is 5.97 Å². The van der Waals surface area contributed by atoms with Crippen LogP contribution in [-0.4, -0.2) is 23.8 Å². The normalized spacial score (nSPS) is 49.4. The van der Waals surface area contributed by atoms with Crippen molar-refractivity contribution in [3.63, 3.8) is 0 Å². The van der Waals surface area contributed by atoms with Gasteiger partial charge in [0.1, 0.15) is 0 Å². The lowest BCUT2D eigenvalue weighted by atomic mass is 9.49. The molecule has 4 bridgehead atoms. The Morgan fingerprint density at radius 1 is 1.19 bits per heavy atom. The second-order valence-electron chi connectivity index (χ2n) is 6.05. The van der Waals surface area contributed by atoms with Gasteiger partial charge in [-0.25, -0.2) is 0 Å². The largest absolute Gasteiger partial charge is 0.469 e. The number of esters is 1. The summed E-state index contributed by atoms with van der Waals surface area (Å²) in [7, 11) is 1.40. The van der Waals surface area contributed by atoms with Crippen molar-refractivity contribution in [2.75, 3.05) is 7.11 Å². The van der Waals surface area contributed by atoms with Crippen LogP contribution in [0.3, 0.4) is 0 Å². The number of hydrogen-bond donors (Lipinski definition) is 1. The van der Waals surface area contributed by atoms with Crippen LogP contribution in [0.5, 0.6) is 0 Å². The molecule has 0 aromatic heterocycles. The summed E-state index contributed by atoms with van der Waals surface area (Å²) in [4.78, 5) is 11.4. The van der Waals surface area contributed by atoms with Gasteiger partial charge in [0.15, 0.2) is 0 Å². The van der Waals surface area contributed by atoms with Crippen LogP contribution >= 0.6 is 0 Å². The molecule has 0 saturated heterocycles. The molecular weight excluding hydrogens is 204 g/mol. The summed E-state index contributed by atoms with van der Waals surface area (Å²) in [6.45, 7) is 0. The lowest BCUT2D eigenvalue weighted by Crippen LogP contribution is -2.58. The SMILES string of the molecule is COC(=O)CC1(O)C2CC3CC(C2)CC1C3. The Bertz CT molecular complexity index is 282. The molecule has 4 saturated carbocycles. The Morgan fingerprint density at radius 2 is 1.69 bits per heavy atom. The van der Waals surface area contributed by atoms with Gasteiger partial charge in [0.25, 0.3) is 0 Å². The summed E-state index contributed by atoms with van der Waals surface area (Å²) in [6, 6.07) is 0. The Balaban J connectivity index is 1.82. The molecule has 0 unspecified atom stereocenters. The van der Waals surface area contributed by atoms with Crippen molar-refractivity contribution in [1.29, 1.82) is 0 Å². The summed E-state index contributed by atoms with van der Waals surface area (Å²) in [6.07, 6.45) is 6.07. The Morgan fingerprint density at radius 3 is 2.12 bits per heavy atom. The van der Waals surface area contributed by atoms with Crippen molar-refractivity contribution in [2.45, 2.75) is 44.1 Å². The van der Waals surface area contributed by atoms with Crippen LogP contribution < -0.4 is 0 Å². The minimum atomic E-state index is -0.749. The predicted molar refractivity (Wildman–Crippen MR) is 58.6 cm³/mol. The standard InChI is InChI=1S/C13H20O3/c1-16-12(14)7-13(15)10-3-8-2-9(5-10)6-11(13)4-8/h8-11,15H,2-7H2,1H3. The second-order valence-corrected chi connectivity index (χ2v) is 6.05. The van der Waals surface area contributed by atoms with Crippen LogP contribution in [0.4, 0.5) is 0 Å². The molecule has 0 amide bonds. The average Bonchev–Trinajstić information content (AvgIpc) is 2.25. The highest BCUT2D eigenvalue weighted by Crippen LogP contribution is 2.59. The predicted octanol–water partition coefficient (Wildman–Crippen LogP) is 1.74. The lowest BCUT2D eigenvalue weighted by Gasteiger charge is -2.58. The van der Waals surface area contributed by atoms with E-state index in [0.29, 0.717) is 11.8 Å². The molecule has 3 heteroatoms. The van der Waals surface area contributed by atoms with E-state index in [1.54, 1.807) is 0 Å². The zero-order valence-corrected chi connectivity index (χ0v) is 9.82. The fraction of sp³-hybridized carbons (Fsp3) is 0.923. The van der Waals surface area contributed by atoms with E-state index < -0.39 is 5.60 Å². The van der Waals surface area contributed by atoms with Gasteiger partial charge in [-0.2, -0.15) is 0 Å². The first-order chi connectivity index (χ1) is 7.61. The van der Waals surface area contributed by atoms with Crippen molar-refractivity contribution < 1.29 is 14.6 Å². The van der Waals surface area contributed by atoms with Crippen LogP contribution in [0.2, 0.25) is 0 Å². The van der Waals surface area contributed by atoms with E-state index in [0.717, 1.165) is 37.5 Å². The van der Waals surface area contributed by atoms with Crippen LogP contribution in [0, 0.1) is 23.7 Å². The smallest absolute Gasteiger partial charge is 0.308 e. The first-order valence-electron chi connectivity index (χ1n) is 6.41. The zero-order chi connectivity index (χ0) is 11.3. The van der Waals surface area contributed by atoms with E-state index in [4.69, 9.17) is 4.74 Å². The molecule has 90 valence electrons. The molecule has 4 fully saturated rings. The second kappa shape index (κ2) is 3.46. The molecule has 0 heterocycles. The lowest BCUT2D eigenvalue weighted by molar-refractivity contribution is -0.187. The number of carbonyl (C=O) groups is 1. The van der Waals surface area contributed by atoms with Crippen LogP contribution in [0.1, 0.15) is 38.5 Å². The summed E-state index contributed by atoms with van der Waals surface area (Å²) >= 11 is 0. The molecule has 4 rings (SSSR count). The van der Waals surface area contributed by atoms with Crippen molar-refractivity contribution in [2.24, 2.45) is 23.7 Å². The Labute approximate surface area is 96.2 Å². The van der Waals surface area contributed by atoms with E-state index in [1.807, 2.05) is 0 Å². The molecule has 3 nitrogen and oxygen atoms in total. The molecule has 0 spiro atoms. The van der Waals surface area contributed by atoms with E-state index in [9.17, 15) is 9.90 Å². The van der Waals surface area contributed by atoms with E-state index in [-0.39, 0.29) is 12.4 Å². The van der Waals surface area contributed by atoms with Crippen molar-refractivity contribution in [3.8, 4) is 0 Å². The molecule has 4 aliphatic carbocycles. The third kappa shape index (κ3) is 1.41. The van der Waals surface area contributed by atoms with Gasteiger partial charge in [-0.1, -0.05) is 0 Å². The molecule has 0 aromatic rings. The van der Waals surface area contributed by atoms with Crippen molar-refractivity contribution in [3.05, 3.63) is 0 Å². The van der Waals surface area contributed by atoms with E-state index in [2.05, 4.69) is 0 Å². The number of aliphatic hydroxyl groups is 1. The number of hydrogen-bond acceptors (Lipinski definition) is 3. The average molecular weight is 224 g/mol. The molecule has 1 N–H and O–H groups in total. The van der Waals surface area contributed by atoms with E-state index in [1.165, 1.54) is 13.5 Å². The van der Waals surface area contributed by atoms with Gasteiger partial charge in [-0.3, -0.25) is 4.79 Å². The maximum absolute atomic E-state index is 11.4. The number of methoxy groups -OCH3 is 1. The molecule has 0 atom stereocenters. The summed E-state index contributed by atoms with van der Waals surface area (Å²) in [5, 5.41) is 10.8. The first-order valence-corrected chi connectivity index (χ1v) is 6.41. The molecule has 16 heavy (non-hydrogen) atoms. The number of ether oxygens (including phenoxy) is 1. The van der Waals surface area contributed by atoms with Gasteiger partial charge >= 0.3 is 5.97 Å². The highest BCUT2D eigenvalue weighted by atomic mass is 16.5. The third-order valence-electron chi connectivity index (χ3n) is 5.21. The summed E-state index contributed by atoms with van der Waals surface area (Å²) in [5.74, 6) is 2.08. The minimum Gasteiger partial charge on any atom is -0.469 e. The number of rotatable bonds is 2. The highest BCUT2D eigenvalue weighted by molar-refractivity contribution is 5.70. The summed E-state index contributed by atoms with van der Waals surface area (Å²) < 4.78 is 4.72. The van der Waals surface area contributed by atoms with Crippen LogP contribution in [0.15, 0.2) is 0 Å². The van der Waals surface area contributed by atoms with Gasteiger partial charge in [0.2, 0.25) is 0 Å². The molecular formula is C13H20O3. The molecule has 0 aliphatic heterocycles. The number of carbonyl (C=O) groups excluding carboxylic acids is 1. The Kier molecular flexibility index (Phi) is 2.29. The maximum Gasteiger partial charge on any atom is 0.308 e. The van der Waals surface area contributed by atoms with E-state index >= 15 is 0 Å². The van der Waals surface area contributed by atoms with Gasteiger partial charge in [-0.05, 0) is 55.8 Å². The molecule has 4 aliphatic rings. The third-order valence-corrected chi connectivity index (χ3v) is 5.21. The fourth-order valence-electron chi connectivity index (χ4n) is 4.59. The highest BCUT2D eigenvalue weighted by Gasteiger charge is 2.57. The Hall–Kier alpha value is -0.570. The van der Waals surface area contributed by atoms with Gasteiger partial charge < -0.3 is 9.84 Å². The maximum atomic E-state index is 11.4. The minimum absolute atomic E-state index is 0.207. The summed E-state index contributed by atoms with van der Waals surface area (Å²) in [5.41, 5.74) is -0.749. The topological polar surface area (TPSA) is 46.5 Å². The zero-order valence-electron chi connectivity index (χ0n) is 9.82. The van der Waals surface area contributed by atoms with Gasteiger partial charge in [0.05, 0.1) is 19.1 Å². The monoisotopic (exact) mass is 224 g/mol. The first kappa shape index (κ1) is 10.6. The quantitative estimate of drug-likeness (QED) is 0.727. The molecule has 0 radical (unpaired) electrons.